The first kappa shape index (κ1) is 14.1. The van der Waals surface area contributed by atoms with Crippen LogP contribution >= 0.6 is 15.9 Å². The maximum absolute atomic E-state index is 10.7. The molecule has 94 valence electrons. The Morgan fingerprint density at radius 3 is 2.47 bits per heavy atom. The lowest BCUT2D eigenvalue weighted by Gasteiger charge is -2.14. The van der Waals surface area contributed by atoms with Crippen LogP contribution < -0.4 is 5.32 Å². The van der Waals surface area contributed by atoms with E-state index in [-0.39, 0.29) is 24.8 Å². The molecule has 0 aliphatic heterocycles. The largest absolute Gasteiger partial charge is 0.478 e. The van der Waals surface area contributed by atoms with Crippen LogP contribution in [0.4, 0.5) is 0 Å². The third kappa shape index (κ3) is 4.08. The fourth-order valence-electron chi connectivity index (χ4n) is 1.26. The second-order valence-corrected chi connectivity index (χ2v) is 4.41. The number of carboxylic acid groups (broad SMARTS) is 1. The first-order valence-corrected chi connectivity index (χ1v) is 5.84. The zero-order chi connectivity index (χ0) is 12.8. The van der Waals surface area contributed by atoms with Crippen molar-refractivity contribution in [2.45, 2.75) is 12.6 Å². The topological polar surface area (TPSA) is 89.8 Å². The Morgan fingerprint density at radius 2 is 2.00 bits per heavy atom. The molecule has 0 saturated carbocycles. The van der Waals surface area contributed by atoms with E-state index in [1.54, 1.807) is 6.07 Å². The number of hydrogen-bond donors (Lipinski definition) is 4. The van der Waals surface area contributed by atoms with Crippen molar-refractivity contribution in [2.75, 3.05) is 13.2 Å². The lowest BCUT2D eigenvalue weighted by atomic mass is 10.1. The van der Waals surface area contributed by atoms with E-state index < -0.39 is 5.97 Å². The van der Waals surface area contributed by atoms with Crippen LogP contribution in [0.2, 0.25) is 0 Å². The number of benzene rings is 1. The molecule has 0 unspecified atom stereocenters. The third-order valence-electron chi connectivity index (χ3n) is 2.32. The van der Waals surface area contributed by atoms with Crippen LogP contribution in [0, 0.1) is 0 Å². The number of hydrogen-bond acceptors (Lipinski definition) is 4. The van der Waals surface area contributed by atoms with E-state index >= 15 is 0 Å². The smallest absolute Gasteiger partial charge is 0.335 e. The zero-order valence-corrected chi connectivity index (χ0v) is 10.6. The summed E-state index contributed by atoms with van der Waals surface area (Å²) in [7, 11) is 0. The van der Waals surface area contributed by atoms with E-state index in [4.69, 9.17) is 15.3 Å². The Bertz CT molecular complexity index is 393. The van der Waals surface area contributed by atoms with Gasteiger partial charge in [-0.1, -0.05) is 22.0 Å². The predicted molar refractivity (Wildman–Crippen MR) is 65.9 cm³/mol. The fraction of sp³-hybridized carbons (Fsp3) is 0.364. The highest BCUT2D eigenvalue weighted by molar-refractivity contribution is 9.10. The van der Waals surface area contributed by atoms with Crippen molar-refractivity contribution in [3.63, 3.8) is 0 Å². The molecule has 17 heavy (non-hydrogen) atoms. The van der Waals surface area contributed by atoms with Crippen LogP contribution in [0.15, 0.2) is 22.7 Å². The SMILES string of the molecule is O=C(O)c1ccc(CNC(CO)CO)c(Br)c1. The third-order valence-corrected chi connectivity index (χ3v) is 3.06. The highest BCUT2D eigenvalue weighted by Crippen LogP contribution is 2.18. The molecule has 0 amide bonds. The number of aliphatic hydroxyl groups is 2. The van der Waals surface area contributed by atoms with Gasteiger partial charge in [-0.25, -0.2) is 4.79 Å². The van der Waals surface area contributed by atoms with Crippen molar-refractivity contribution in [1.29, 1.82) is 0 Å². The number of halogens is 1. The minimum Gasteiger partial charge on any atom is -0.478 e. The van der Waals surface area contributed by atoms with Crippen molar-refractivity contribution < 1.29 is 20.1 Å². The second kappa shape index (κ2) is 6.70. The summed E-state index contributed by atoms with van der Waals surface area (Å²) in [4.78, 5) is 10.7. The Labute approximate surface area is 107 Å². The lowest BCUT2D eigenvalue weighted by Crippen LogP contribution is -2.35. The van der Waals surface area contributed by atoms with Gasteiger partial charge in [0.1, 0.15) is 0 Å². The Hall–Kier alpha value is -0.950. The number of carboxylic acids is 1. The summed E-state index contributed by atoms with van der Waals surface area (Å²) in [5.74, 6) is -0.978. The number of rotatable bonds is 6. The van der Waals surface area contributed by atoms with Gasteiger partial charge in [0.2, 0.25) is 0 Å². The molecule has 5 nitrogen and oxygen atoms in total. The van der Waals surface area contributed by atoms with Gasteiger partial charge in [0.15, 0.2) is 0 Å². The molecule has 6 heteroatoms. The minimum absolute atomic E-state index is 0.151. The molecule has 4 N–H and O–H groups in total. The van der Waals surface area contributed by atoms with Crippen molar-refractivity contribution in [1.82, 2.24) is 5.32 Å². The van der Waals surface area contributed by atoms with Gasteiger partial charge < -0.3 is 20.6 Å². The molecule has 0 aromatic heterocycles. The van der Waals surface area contributed by atoms with Crippen LogP contribution in [0.1, 0.15) is 15.9 Å². The van der Waals surface area contributed by atoms with E-state index in [1.165, 1.54) is 12.1 Å². The second-order valence-electron chi connectivity index (χ2n) is 3.55. The maximum atomic E-state index is 10.7. The van der Waals surface area contributed by atoms with Crippen LogP contribution in [-0.2, 0) is 6.54 Å². The highest BCUT2D eigenvalue weighted by atomic mass is 79.9. The van der Waals surface area contributed by atoms with Crippen LogP contribution in [0.25, 0.3) is 0 Å². The van der Waals surface area contributed by atoms with Crippen molar-refractivity contribution in [3.8, 4) is 0 Å². The van der Waals surface area contributed by atoms with E-state index in [1.807, 2.05) is 0 Å². The van der Waals surface area contributed by atoms with E-state index in [2.05, 4.69) is 21.2 Å². The highest BCUT2D eigenvalue weighted by Gasteiger charge is 2.09. The first-order chi connectivity index (χ1) is 8.08. The quantitative estimate of drug-likeness (QED) is 0.618. The van der Waals surface area contributed by atoms with Crippen molar-refractivity contribution >= 4 is 21.9 Å². The predicted octanol–water partition coefficient (Wildman–Crippen LogP) is 0.590. The number of nitrogens with one attached hydrogen (secondary N) is 1. The van der Waals surface area contributed by atoms with Crippen LogP contribution in [0.3, 0.4) is 0 Å². The Kier molecular flexibility index (Phi) is 5.57. The molecular formula is C11H14BrNO4. The summed E-state index contributed by atoms with van der Waals surface area (Å²) >= 11 is 3.28. The van der Waals surface area contributed by atoms with Gasteiger partial charge in [-0.3, -0.25) is 0 Å². The molecule has 1 aromatic carbocycles. The minimum atomic E-state index is -0.978. The Balaban J connectivity index is 2.69. The number of aliphatic hydroxyl groups excluding tert-OH is 2. The summed E-state index contributed by atoms with van der Waals surface area (Å²) in [5, 5.41) is 29.5. The summed E-state index contributed by atoms with van der Waals surface area (Å²) in [6.45, 7) is 0.134. The number of carbonyl (C=O) groups is 1. The van der Waals surface area contributed by atoms with Gasteiger partial charge in [-0.2, -0.15) is 0 Å². The molecule has 0 fully saturated rings. The van der Waals surface area contributed by atoms with Crippen LogP contribution in [0.5, 0.6) is 0 Å². The number of aromatic carboxylic acids is 1. The normalized spacial score (nSPS) is 10.8. The molecule has 0 bridgehead atoms. The summed E-state index contributed by atoms with van der Waals surface area (Å²) < 4.78 is 0.680. The van der Waals surface area contributed by atoms with Gasteiger partial charge in [-0.15, -0.1) is 0 Å². The molecule has 0 spiro atoms. The molecule has 1 aromatic rings. The van der Waals surface area contributed by atoms with Gasteiger partial charge in [0.25, 0.3) is 0 Å². The Morgan fingerprint density at radius 1 is 1.35 bits per heavy atom. The summed E-state index contributed by atoms with van der Waals surface area (Å²) in [6, 6.07) is 4.34. The molecule has 0 aliphatic rings. The van der Waals surface area contributed by atoms with Gasteiger partial charge >= 0.3 is 5.97 Å². The molecular weight excluding hydrogens is 290 g/mol. The van der Waals surface area contributed by atoms with E-state index in [0.717, 1.165) is 5.56 Å². The van der Waals surface area contributed by atoms with Gasteiger partial charge in [0.05, 0.1) is 24.8 Å². The molecule has 0 atom stereocenters. The average molecular weight is 304 g/mol. The summed E-state index contributed by atoms with van der Waals surface area (Å²) in [6.07, 6.45) is 0. The van der Waals surface area contributed by atoms with Gasteiger partial charge in [-0.05, 0) is 17.7 Å². The first-order valence-electron chi connectivity index (χ1n) is 5.05. The monoisotopic (exact) mass is 303 g/mol. The average Bonchev–Trinajstić information content (AvgIpc) is 2.31. The van der Waals surface area contributed by atoms with Crippen molar-refractivity contribution in [3.05, 3.63) is 33.8 Å². The lowest BCUT2D eigenvalue weighted by molar-refractivity contribution is 0.0697. The maximum Gasteiger partial charge on any atom is 0.335 e. The molecule has 0 radical (unpaired) electrons. The van der Waals surface area contributed by atoms with E-state index in [9.17, 15) is 4.79 Å². The molecule has 0 heterocycles. The van der Waals surface area contributed by atoms with Crippen molar-refractivity contribution in [2.24, 2.45) is 0 Å². The molecule has 0 aliphatic carbocycles. The van der Waals surface area contributed by atoms with Gasteiger partial charge in [0, 0.05) is 11.0 Å². The molecule has 1 rings (SSSR count). The van der Waals surface area contributed by atoms with E-state index in [0.29, 0.717) is 11.0 Å². The van der Waals surface area contributed by atoms with Crippen LogP contribution in [-0.4, -0.2) is 40.5 Å². The fourth-order valence-corrected chi connectivity index (χ4v) is 1.78. The zero-order valence-electron chi connectivity index (χ0n) is 9.06. The molecule has 0 saturated heterocycles. The standard InChI is InChI=1S/C11H14BrNO4/c12-10-3-7(11(16)17)1-2-8(10)4-13-9(5-14)6-15/h1-3,9,13-15H,4-6H2,(H,16,17). The summed E-state index contributed by atoms with van der Waals surface area (Å²) in [5.41, 5.74) is 1.07.